The van der Waals surface area contributed by atoms with Gasteiger partial charge >= 0.3 is 0 Å². The zero-order chi connectivity index (χ0) is 12.3. The van der Waals surface area contributed by atoms with Crippen molar-refractivity contribution < 1.29 is 0 Å². The van der Waals surface area contributed by atoms with Crippen molar-refractivity contribution in [1.29, 1.82) is 0 Å². The van der Waals surface area contributed by atoms with Crippen molar-refractivity contribution in [1.82, 2.24) is 15.1 Å². The van der Waals surface area contributed by atoms with Crippen LogP contribution in [0.5, 0.6) is 0 Å². The summed E-state index contributed by atoms with van der Waals surface area (Å²) < 4.78 is 1.93. The number of rotatable bonds is 5. The maximum Gasteiger partial charge on any atom is 0.0618 e. The topological polar surface area (TPSA) is 29.9 Å². The van der Waals surface area contributed by atoms with Crippen LogP contribution in [-0.4, -0.2) is 16.3 Å². The standard InChI is InChI=1S/C13H19N3S/c1-4-6-14-13(11-5-7-17-9-11)12-8-15-16(3)10(12)2/h5,7-9,13-14H,4,6H2,1-3H3. The van der Waals surface area contributed by atoms with E-state index < -0.39 is 0 Å². The molecule has 0 aliphatic heterocycles. The summed E-state index contributed by atoms with van der Waals surface area (Å²) in [5.74, 6) is 0. The third-order valence-corrected chi connectivity index (χ3v) is 3.76. The fraction of sp³-hybridized carbons (Fsp3) is 0.462. The van der Waals surface area contributed by atoms with E-state index in [9.17, 15) is 0 Å². The second-order valence-electron chi connectivity index (χ2n) is 4.25. The molecule has 1 unspecified atom stereocenters. The summed E-state index contributed by atoms with van der Waals surface area (Å²) in [4.78, 5) is 0. The first kappa shape index (κ1) is 12.3. The Morgan fingerprint density at radius 3 is 2.88 bits per heavy atom. The highest BCUT2D eigenvalue weighted by Crippen LogP contribution is 2.26. The van der Waals surface area contributed by atoms with Gasteiger partial charge in [-0.3, -0.25) is 4.68 Å². The number of hydrogen-bond acceptors (Lipinski definition) is 3. The van der Waals surface area contributed by atoms with Gasteiger partial charge in [-0.05, 0) is 42.3 Å². The molecule has 92 valence electrons. The minimum atomic E-state index is 0.273. The van der Waals surface area contributed by atoms with Crippen molar-refractivity contribution in [2.75, 3.05) is 6.54 Å². The molecule has 1 N–H and O–H groups in total. The first-order chi connectivity index (χ1) is 8.24. The number of aryl methyl sites for hydroxylation is 1. The van der Waals surface area contributed by atoms with Gasteiger partial charge in [0.05, 0.1) is 12.2 Å². The van der Waals surface area contributed by atoms with Gasteiger partial charge in [-0.25, -0.2) is 0 Å². The van der Waals surface area contributed by atoms with E-state index in [2.05, 4.69) is 41.1 Å². The fourth-order valence-corrected chi connectivity index (χ4v) is 2.62. The quantitative estimate of drug-likeness (QED) is 0.883. The van der Waals surface area contributed by atoms with E-state index in [0.717, 1.165) is 13.0 Å². The van der Waals surface area contributed by atoms with Crippen LogP contribution < -0.4 is 5.32 Å². The zero-order valence-electron chi connectivity index (χ0n) is 10.6. The van der Waals surface area contributed by atoms with Crippen LogP contribution in [0, 0.1) is 6.92 Å². The molecule has 0 radical (unpaired) electrons. The molecular formula is C13H19N3S. The van der Waals surface area contributed by atoms with E-state index in [1.165, 1.54) is 16.8 Å². The zero-order valence-corrected chi connectivity index (χ0v) is 11.4. The SMILES string of the molecule is CCCNC(c1ccsc1)c1cnn(C)c1C. The molecular weight excluding hydrogens is 230 g/mol. The fourth-order valence-electron chi connectivity index (χ4n) is 1.93. The predicted molar refractivity (Wildman–Crippen MR) is 72.4 cm³/mol. The summed E-state index contributed by atoms with van der Waals surface area (Å²) in [6.07, 6.45) is 3.11. The summed E-state index contributed by atoms with van der Waals surface area (Å²) in [5.41, 5.74) is 3.84. The predicted octanol–water partition coefficient (Wildman–Crippen LogP) is 2.88. The minimum absolute atomic E-state index is 0.273. The molecule has 0 aliphatic carbocycles. The monoisotopic (exact) mass is 249 g/mol. The Bertz CT molecular complexity index is 459. The van der Waals surface area contributed by atoms with Gasteiger partial charge in [0.1, 0.15) is 0 Å². The average molecular weight is 249 g/mol. The molecule has 0 bridgehead atoms. The van der Waals surface area contributed by atoms with Crippen LogP contribution in [0.3, 0.4) is 0 Å². The van der Waals surface area contributed by atoms with Gasteiger partial charge in [-0.15, -0.1) is 0 Å². The lowest BCUT2D eigenvalue weighted by Gasteiger charge is -2.17. The molecule has 2 aromatic rings. The number of nitrogens with zero attached hydrogens (tertiary/aromatic N) is 2. The highest BCUT2D eigenvalue weighted by Gasteiger charge is 2.18. The molecule has 3 nitrogen and oxygen atoms in total. The number of nitrogens with one attached hydrogen (secondary N) is 1. The molecule has 0 amide bonds. The van der Waals surface area contributed by atoms with E-state index >= 15 is 0 Å². The summed E-state index contributed by atoms with van der Waals surface area (Å²) in [5, 5.41) is 12.3. The Morgan fingerprint density at radius 2 is 2.35 bits per heavy atom. The van der Waals surface area contributed by atoms with Crippen LogP contribution in [0.2, 0.25) is 0 Å². The Morgan fingerprint density at radius 1 is 1.53 bits per heavy atom. The molecule has 0 spiro atoms. The van der Waals surface area contributed by atoms with E-state index in [1.54, 1.807) is 11.3 Å². The third-order valence-electron chi connectivity index (χ3n) is 3.06. The average Bonchev–Trinajstić information content (AvgIpc) is 2.94. The Labute approximate surface area is 106 Å². The molecule has 4 heteroatoms. The van der Waals surface area contributed by atoms with Crippen LogP contribution in [0.15, 0.2) is 23.0 Å². The van der Waals surface area contributed by atoms with E-state index in [0.29, 0.717) is 0 Å². The molecule has 0 fully saturated rings. The maximum absolute atomic E-state index is 4.34. The van der Waals surface area contributed by atoms with Gasteiger partial charge < -0.3 is 5.32 Å². The summed E-state index contributed by atoms with van der Waals surface area (Å²) in [6, 6.07) is 2.46. The first-order valence-electron chi connectivity index (χ1n) is 5.98. The second kappa shape index (κ2) is 5.47. The van der Waals surface area contributed by atoms with Crippen molar-refractivity contribution in [2.45, 2.75) is 26.3 Å². The van der Waals surface area contributed by atoms with Gasteiger partial charge in [0.15, 0.2) is 0 Å². The van der Waals surface area contributed by atoms with E-state index in [4.69, 9.17) is 0 Å². The first-order valence-corrected chi connectivity index (χ1v) is 6.92. The number of hydrogen-bond donors (Lipinski definition) is 1. The van der Waals surface area contributed by atoms with Crippen molar-refractivity contribution in [3.8, 4) is 0 Å². The van der Waals surface area contributed by atoms with Gasteiger partial charge in [0.25, 0.3) is 0 Å². The Hall–Kier alpha value is -1.13. The van der Waals surface area contributed by atoms with Crippen molar-refractivity contribution in [2.24, 2.45) is 7.05 Å². The molecule has 17 heavy (non-hydrogen) atoms. The molecule has 1 atom stereocenters. The highest BCUT2D eigenvalue weighted by atomic mass is 32.1. The highest BCUT2D eigenvalue weighted by molar-refractivity contribution is 7.08. The lowest BCUT2D eigenvalue weighted by atomic mass is 10.0. The van der Waals surface area contributed by atoms with Crippen LogP contribution in [-0.2, 0) is 7.05 Å². The van der Waals surface area contributed by atoms with Gasteiger partial charge in [-0.2, -0.15) is 16.4 Å². The molecule has 2 rings (SSSR count). The van der Waals surface area contributed by atoms with Gasteiger partial charge in [0.2, 0.25) is 0 Å². The molecule has 2 aromatic heterocycles. The smallest absolute Gasteiger partial charge is 0.0618 e. The van der Waals surface area contributed by atoms with Crippen LogP contribution >= 0.6 is 11.3 Å². The number of aromatic nitrogens is 2. The normalized spacial score (nSPS) is 12.9. The lowest BCUT2D eigenvalue weighted by Crippen LogP contribution is -2.23. The molecule has 0 saturated heterocycles. The molecule has 2 heterocycles. The Kier molecular flexibility index (Phi) is 3.97. The summed E-state index contributed by atoms with van der Waals surface area (Å²) >= 11 is 1.74. The van der Waals surface area contributed by atoms with Crippen LogP contribution in [0.1, 0.15) is 36.2 Å². The van der Waals surface area contributed by atoms with Gasteiger partial charge in [0, 0.05) is 18.3 Å². The third kappa shape index (κ3) is 2.58. The summed E-state index contributed by atoms with van der Waals surface area (Å²) in [7, 11) is 1.99. The van der Waals surface area contributed by atoms with Crippen molar-refractivity contribution in [3.05, 3.63) is 39.8 Å². The van der Waals surface area contributed by atoms with Crippen LogP contribution in [0.4, 0.5) is 0 Å². The Balaban J connectivity index is 2.30. The lowest BCUT2D eigenvalue weighted by molar-refractivity contribution is 0.596. The molecule has 0 aliphatic rings. The van der Waals surface area contributed by atoms with E-state index in [-0.39, 0.29) is 6.04 Å². The summed E-state index contributed by atoms with van der Waals surface area (Å²) in [6.45, 7) is 5.33. The largest absolute Gasteiger partial charge is 0.306 e. The van der Waals surface area contributed by atoms with E-state index in [1.807, 2.05) is 17.9 Å². The van der Waals surface area contributed by atoms with Crippen molar-refractivity contribution in [3.63, 3.8) is 0 Å². The maximum atomic E-state index is 4.34. The molecule has 0 saturated carbocycles. The molecule has 0 aromatic carbocycles. The number of thiophene rings is 1. The van der Waals surface area contributed by atoms with Crippen molar-refractivity contribution >= 4 is 11.3 Å². The van der Waals surface area contributed by atoms with Crippen LogP contribution in [0.25, 0.3) is 0 Å². The minimum Gasteiger partial charge on any atom is -0.306 e. The second-order valence-corrected chi connectivity index (χ2v) is 5.03. The van der Waals surface area contributed by atoms with Gasteiger partial charge in [-0.1, -0.05) is 6.92 Å².